The van der Waals surface area contributed by atoms with Crippen molar-refractivity contribution >= 4 is 6.08 Å². The van der Waals surface area contributed by atoms with Gasteiger partial charge in [-0.2, -0.15) is 0 Å². The highest BCUT2D eigenvalue weighted by atomic mass is 15.2. The smallest absolute Gasteiger partial charge is 0.0233 e. The second-order valence-corrected chi connectivity index (χ2v) is 8.93. The molecule has 2 unspecified atom stereocenters. The summed E-state index contributed by atoms with van der Waals surface area (Å²) in [5, 5.41) is 0. The van der Waals surface area contributed by atoms with Gasteiger partial charge in [-0.05, 0) is 28.4 Å². The number of benzene rings is 2. The Balaban J connectivity index is 1.37. The quantitative estimate of drug-likeness (QED) is 0.756. The molecule has 2 atom stereocenters. The largest absolute Gasteiger partial charge is 0.299 e. The summed E-state index contributed by atoms with van der Waals surface area (Å²) in [5.41, 5.74) is 3.19. The maximum absolute atomic E-state index is 2.69. The third kappa shape index (κ3) is 4.34. The maximum Gasteiger partial charge on any atom is 0.0233 e. The van der Waals surface area contributed by atoms with Gasteiger partial charge < -0.3 is 0 Å². The molecule has 2 saturated heterocycles. The molecular weight excluding hydrogens is 328 g/mol. The fraction of sp³-hybridized carbons (Fsp3) is 0.440. The van der Waals surface area contributed by atoms with Crippen LogP contribution in [0.3, 0.4) is 0 Å². The highest BCUT2D eigenvalue weighted by Crippen LogP contribution is 2.44. The van der Waals surface area contributed by atoms with E-state index in [9.17, 15) is 0 Å². The summed E-state index contributed by atoms with van der Waals surface area (Å²) in [4.78, 5) is 5.35. The predicted molar refractivity (Wildman–Crippen MR) is 114 cm³/mol. The van der Waals surface area contributed by atoms with E-state index in [4.69, 9.17) is 0 Å². The Bertz CT molecular complexity index is 732. The number of hydrogen-bond acceptors (Lipinski definition) is 2. The summed E-state index contributed by atoms with van der Waals surface area (Å²) >= 11 is 0. The minimum Gasteiger partial charge on any atom is -0.299 e. The van der Waals surface area contributed by atoms with Gasteiger partial charge in [0.05, 0.1) is 0 Å². The molecule has 27 heavy (non-hydrogen) atoms. The van der Waals surface area contributed by atoms with Crippen LogP contribution in [0.15, 0.2) is 66.7 Å². The van der Waals surface area contributed by atoms with Crippen molar-refractivity contribution in [3.63, 3.8) is 0 Å². The number of fused-ring (bicyclic) bond motifs is 2. The van der Waals surface area contributed by atoms with E-state index in [2.05, 4.69) is 96.5 Å². The van der Waals surface area contributed by atoms with Gasteiger partial charge in [0.1, 0.15) is 0 Å². The normalized spacial score (nSPS) is 25.7. The second-order valence-electron chi connectivity index (χ2n) is 8.93. The van der Waals surface area contributed by atoms with E-state index in [0.29, 0.717) is 5.41 Å². The Labute approximate surface area is 164 Å². The average Bonchev–Trinajstić information content (AvgIpc) is 2.65. The van der Waals surface area contributed by atoms with E-state index in [1.807, 2.05) is 0 Å². The summed E-state index contributed by atoms with van der Waals surface area (Å²) in [6, 6.07) is 21.6. The van der Waals surface area contributed by atoms with Crippen LogP contribution in [-0.2, 0) is 6.54 Å². The van der Waals surface area contributed by atoms with Gasteiger partial charge in [0.2, 0.25) is 0 Å². The third-order valence-electron chi connectivity index (χ3n) is 6.74. The van der Waals surface area contributed by atoms with Gasteiger partial charge in [-0.15, -0.1) is 0 Å². The van der Waals surface area contributed by atoms with Crippen molar-refractivity contribution in [1.29, 1.82) is 0 Å². The molecule has 0 spiro atoms. The minimum atomic E-state index is 0.451. The number of nitrogens with zero attached hydrogens (tertiary/aromatic N) is 2. The van der Waals surface area contributed by atoms with Crippen LogP contribution in [0.4, 0.5) is 0 Å². The highest BCUT2D eigenvalue weighted by molar-refractivity contribution is 5.48. The number of likely N-dealkylation sites (tertiary alicyclic amines) is 2. The van der Waals surface area contributed by atoms with Gasteiger partial charge in [-0.25, -0.2) is 0 Å². The van der Waals surface area contributed by atoms with Crippen LogP contribution in [-0.4, -0.2) is 42.5 Å². The molecule has 2 fully saturated rings. The molecule has 0 N–H and O–H groups in total. The van der Waals surface area contributed by atoms with Crippen molar-refractivity contribution in [1.82, 2.24) is 9.80 Å². The maximum atomic E-state index is 2.69. The molecular formula is C25H32N2. The van der Waals surface area contributed by atoms with Gasteiger partial charge in [0.15, 0.2) is 0 Å². The van der Waals surface area contributed by atoms with Crippen LogP contribution < -0.4 is 0 Å². The van der Waals surface area contributed by atoms with Crippen LogP contribution in [0.25, 0.3) is 6.08 Å². The van der Waals surface area contributed by atoms with Crippen molar-refractivity contribution in [3.05, 3.63) is 77.9 Å². The molecule has 2 heteroatoms. The Morgan fingerprint density at radius 1 is 0.815 bits per heavy atom. The summed E-state index contributed by atoms with van der Waals surface area (Å²) in [6.45, 7) is 12.0. The van der Waals surface area contributed by atoms with Crippen LogP contribution in [0, 0.1) is 17.3 Å². The lowest BCUT2D eigenvalue weighted by Crippen LogP contribution is -2.61. The Hall–Kier alpha value is -1.90. The predicted octanol–water partition coefficient (Wildman–Crippen LogP) is 4.79. The van der Waals surface area contributed by atoms with Crippen molar-refractivity contribution in [2.45, 2.75) is 20.4 Å². The first-order valence-corrected chi connectivity index (χ1v) is 10.3. The molecule has 0 amide bonds. The Morgan fingerprint density at radius 2 is 1.37 bits per heavy atom. The first-order chi connectivity index (χ1) is 13.1. The topological polar surface area (TPSA) is 6.48 Å². The van der Waals surface area contributed by atoms with Gasteiger partial charge in [-0.1, -0.05) is 86.7 Å². The molecule has 142 valence electrons. The molecule has 0 aromatic heterocycles. The van der Waals surface area contributed by atoms with Gasteiger partial charge in [-0.3, -0.25) is 9.80 Å². The molecule has 2 aromatic carbocycles. The summed E-state index contributed by atoms with van der Waals surface area (Å²) in [5.74, 6) is 1.50. The van der Waals surface area contributed by atoms with Crippen LogP contribution in [0.1, 0.15) is 25.0 Å². The summed E-state index contributed by atoms with van der Waals surface area (Å²) < 4.78 is 0. The van der Waals surface area contributed by atoms with Crippen LogP contribution in [0.5, 0.6) is 0 Å². The minimum absolute atomic E-state index is 0.451. The summed E-state index contributed by atoms with van der Waals surface area (Å²) in [6.07, 6.45) is 4.60. The van der Waals surface area contributed by atoms with E-state index < -0.39 is 0 Å². The summed E-state index contributed by atoms with van der Waals surface area (Å²) in [7, 11) is 0. The standard InChI is InChI=1S/C25H32N2/c1-25(2)23-17-26(15-9-14-21-10-5-3-6-11-21)18-24(25)20-27(19-23)16-22-12-7-4-8-13-22/h3-14,23-24H,15-20H2,1-2H3. The van der Waals surface area contributed by atoms with Crippen LogP contribution >= 0.6 is 0 Å². The van der Waals surface area contributed by atoms with Gasteiger partial charge in [0, 0.05) is 39.3 Å². The lowest BCUT2D eigenvalue weighted by molar-refractivity contribution is -0.0708. The molecule has 2 aliphatic rings. The lowest BCUT2D eigenvalue weighted by Gasteiger charge is -2.56. The molecule has 2 aromatic rings. The van der Waals surface area contributed by atoms with E-state index in [1.165, 1.54) is 37.3 Å². The second kappa shape index (κ2) is 8.00. The van der Waals surface area contributed by atoms with Gasteiger partial charge in [0.25, 0.3) is 0 Å². The van der Waals surface area contributed by atoms with Crippen LogP contribution in [0.2, 0.25) is 0 Å². The molecule has 0 radical (unpaired) electrons. The zero-order chi connectivity index (χ0) is 18.7. The SMILES string of the molecule is CC1(C)C2CN(CC=Cc3ccccc3)CC1CN(Cc1ccccc1)C2. The highest BCUT2D eigenvalue weighted by Gasteiger charge is 2.47. The zero-order valence-electron chi connectivity index (χ0n) is 16.7. The van der Waals surface area contributed by atoms with Crippen molar-refractivity contribution < 1.29 is 0 Å². The third-order valence-corrected chi connectivity index (χ3v) is 6.74. The Morgan fingerprint density at radius 3 is 2.00 bits per heavy atom. The average molecular weight is 361 g/mol. The van der Waals surface area contributed by atoms with Crippen molar-refractivity contribution in [3.8, 4) is 0 Å². The molecule has 2 aliphatic heterocycles. The first kappa shape index (κ1) is 18.5. The fourth-order valence-electron chi connectivity index (χ4n) is 4.81. The van der Waals surface area contributed by atoms with Gasteiger partial charge >= 0.3 is 0 Å². The van der Waals surface area contributed by atoms with Crippen molar-refractivity contribution in [2.75, 3.05) is 32.7 Å². The molecule has 0 aliphatic carbocycles. The molecule has 4 rings (SSSR count). The monoisotopic (exact) mass is 360 g/mol. The van der Waals surface area contributed by atoms with E-state index in [-0.39, 0.29) is 0 Å². The van der Waals surface area contributed by atoms with E-state index >= 15 is 0 Å². The zero-order valence-corrected chi connectivity index (χ0v) is 16.7. The molecule has 0 saturated carbocycles. The van der Waals surface area contributed by atoms with Crippen molar-refractivity contribution in [2.24, 2.45) is 17.3 Å². The Kier molecular flexibility index (Phi) is 5.47. The fourth-order valence-corrected chi connectivity index (χ4v) is 4.81. The molecule has 2 bridgehead atoms. The first-order valence-electron chi connectivity index (χ1n) is 10.3. The van der Waals surface area contributed by atoms with E-state index in [1.54, 1.807) is 0 Å². The number of rotatable bonds is 5. The molecule has 2 heterocycles. The van der Waals surface area contributed by atoms with E-state index in [0.717, 1.165) is 24.9 Å². The lowest BCUT2D eigenvalue weighted by atomic mass is 9.63. The number of hydrogen-bond donors (Lipinski definition) is 0. The molecule has 2 nitrogen and oxygen atoms in total. The number of piperidine rings is 2.